The van der Waals surface area contributed by atoms with Crippen LogP contribution in [0.25, 0.3) is 0 Å². The van der Waals surface area contributed by atoms with Crippen LogP contribution in [0.15, 0.2) is 21.5 Å². The third-order valence-electron chi connectivity index (χ3n) is 2.03. The van der Waals surface area contributed by atoms with E-state index < -0.39 is 31.3 Å². The SMILES string of the molecule is CC(C)COC(=O)c1cc(Br)cc(S(=O)(=O)Cl)c1F. The Morgan fingerprint density at radius 2 is 2.05 bits per heavy atom. The van der Waals surface area contributed by atoms with Crippen LogP contribution in [0.4, 0.5) is 4.39 Å². The van der Waals surface area contributed by atoms with Crippen molar-refractivity contribution >= 4 is 41.6 Å². The molecule has 0 fully saturated rings. The number of carbonyl (C=O) groups is 1. The molecule has 0 aliphatic rings. The van der Waals surface area contributed by atoms with Gasteiger partial charge in [-0.2, -0.15) is 0 Å². The van der Waals surface area contributed by atoms with Crippen LogP contribution in [0.2, 0.25) is 0 Å². The number of ether oxygens (including phenoxy) is 1. The lowest BCUT2D eigenvalue weighted by Crippen LogP contribution is -2.13. The highest BCUT2D eigenvalue weighted by Crippen LogP contribution is 2.27. The minimum atomic E-state index is -4.28. The Morgan fingerprint density at radius 3 is 2.53 bits per heavy atom. The van der Waals surface area contributed by atoms with Gasteiger partial charge in [-0.25, -0.2) is 17.6 Å². The van der Waals surface area contributed by atoms with Crippen LogP contribution >= 0.6 is 26.6 Å². The summed E-state index contributed by atoms with van der Waals surface area (Å²) in [6.45, 7) is 3.74. The predicted octanol–water partition coefficient (Wildman–Crippen LogP) is 3.33. The van der Waals surface area contributed by atoms with Gasteiger partial charge in [-0.05, 0) is 18.1 Å². The standard InChI is InChI=1S/C11H11BrClFO4S/c1-6(2)5-18-11(15)8-3-7(12)4-9(10(8)14)19(13,16)17/h3-4,6H,5H2,1-2H3. The molecule has 1 rings (SSSR count). The molecular formula is C11H11BrClFO4S. The first-order valence-electron chi connectivity index (χ1n) is 5.23. The van der Waals surface area contributed by atoms with Crippen molar-refractivity contribution in [1.29, 1.82) is 0 Å². The van der Waals surface area contributed by atoms with Gasteiger partial charge in [-0.3, -0.25) is 0 Å². The third kappa shape index (κ3) is 4.43. The van der Waals surface area contributed by atoms with E-state index in [9.17, 15) is 17.6 Å². The van der Waals surface area contributed by atoms with Crippen molar-refractivity contribution in [3.63, 3.8) is 0 Å². The van der Waals surface area contributed by atoms with E-state index in [0.717, 1.165) is 12.1 Å². The molecule has 0 saturated carbocycles. The Bertz CT molecular complexity index is 601. The summed E-state index contributed by atoms with van der Waals surface area (Å²) >= 11 is 2.99. The Hall–Kier alpha value is -0.660. The number of carbonyl (C=O) groups excluding carboxylic acids is 1. The van der Waals surface area contributed by atoms with E-state index in [0.29, 0.717) is 0 Å². The van der Waals surface area contributed by atoms with Crippen molar-refractivity contribution < 1.29 is 22.3 Å². The van der Waals surface area contributed by atoms with Crippen LogP contribution in [0, 0.1) is 11.7 Å². The summed E-state index contributed by atoms with van der Waals surface area (Å²) < 4.78 is 41.4. The van der Waals surface area contributed by atoms with Crippen LogP contribution in [0.1, 0.15) is 24.2 Å². The first-order chi connectivity index (χ1) is 8.62. The average molecular weight is 374 g/mol. The number of esters is 1. The minimum absolute atomic E-state index is 0.0791. The molecule has 0 aliphatic carbocycles. The second kappa shape index (κ2) is 6.19. The summed E-state index contributed by atoms with van der Waals surface area (Å²) in [4.78, 5) is 10.9. The molecule has 0 heterocycles. The van der Waals surface area contributed by atoms with Crippen LogP contribution in [-0.2, 0) is 13.8 Å². The zero-order valence-corrected chi connectivity index (χ0v) is 13.3. The molecular weight excluding hydrogens is 363 g/mol. The molecule has 106 valence electrons. The topological polar surface area (TPSA) is 60.4 Å². The summed E-state index contributed by atoms with van der Waals surface area (Å²) in [6, 6.07) is 2.13. The number of halogens is 3. The number of hydrogen-bond donors (Lipinski definition) is 0. The maximum atomic E-state index is 13.9. The average Bonchev–Trinajstić information content (AvgIpc) is 2.27. The fraction of sp³-hybridized carbons (Fsp3) is 0.364. The Balaban J connectivity index is 3.22. The third-order valence-corrected chi connectivity index (χ3v) is 3.81. The summed E-state index contributed by atoms with van der Waals surface area (Å²) in [5.41, 5.74) is -0.478. The van der Waals surface area contributed by atoms with Crippen molar-refractivity contribution in [1.82, 2.24) is 0 Å². The van der Waals surface area contributed by atoms with Crippen LogP contribution in [-0.4, -0.2) is 21.0 Å². The Kier molecular flexibility index (Phi) is 5.34. The van der Waals surface area contributed by atoms with Crippen LogP contribution in [0.5, 0.6) is 0 Å². The minimum Gasteiger partial charge on any atom is -0.462 e. The summed E-state index contributed by atoms with van der Waals surface area (Å²) in [6.07, 6.45) is 0. The van der Waals surface area contributed by atoms with E-state index >= 15 is 0 Å². The van der Waals surface area contributed by atoms with Gasteiger partial charge in [0.2, 0.25) is 0 Å². The van der Waals surface area contributed by atoms with Crippen molar-refractivity contribution in [2.75, 3.05) is 6.61 Å². The summed E-state index contributed by atoms with van der Waals surface area (Å²) in [7, 11) is 0.815. The second-order valence-corrected chi connectivity index (χ2v) is 7.65. The molecule has 1 aromatic rings. The van der Waals surface area contributed by atoms with Crippen molar-refractivity contribution in [3.05, 3.63) is 28.0 Å². The van der Waals surface area contributed by atoms with Crippen LogP contribution in [0.3, 0.4) is 0 Å². The lowest BCUT2D eigenvalue weighted by Gasteiger charge is -2.09. The molecule has 0 saturated heterocycles. The Labute approximate surface area is 123 Å². The molecule has 0 spiro atoms. The number of rotatable bonds is 4. The van der Waals surface area contributed by atoms with E-state index in [1.807, 2.05) is 13.8 Å². The maximum Gasteiger partial charge on any atom is 0.341 e. The lowest BCUT2D eigenvalue weighted by atomic mass is 10.2. The quantitative estimate of drug-likeness (QED) is 0.600. The van der Waals surface area contributed by atoms with Crippen molar-refractivity contribution in [2.45, 2.75) is 18.7 Å². The molecule has 1 aromatic carbocycles. The van der Waals surface area contributed by atoms with Gasteiger partial charge in [0.15, 0.2) is 5.82 Å². The predicted molar refractivity (Wildman–Crippen MR) is 72.3 cm³/mol. The van der Waals surface area contributed by atoms with Crippen LogP contribution < -0.4 is 0 Å². The highest BCUT2D eigenvalue weighted by Gasteiger charge is 2.24. The van der Waals surface area contributed by atoms with Gasteiger partial charge in [-0.15, -0.1) is 0 Å². The molecule has 0 bridgehead atoms. The highest BCUT2D eigenvalue weighted by atomic mass is 79.9. The lowest BCUT2D eigenvalue weighted by molar-refractivity contribution is 0.0453. The van der Waals surface area contributed by atoms with Gasteiger partial charge < -0.3 is 4.74 Å². The monoisotopic (exact) mass is 372 g/mol. The molecule has 0 aromatic heterocycles. The maximum absolute atomic E-state index is 13.9. The number of hydrogen-bond acceptors (Lipinski definition) is 4. The molecule has 19 heavy (non-hydrogen) atoms. The first-order valence-corrected chi connectivity index (χ1v) is 8.34. The molecule has 0 N–H and O–H groups in total. The summed E-state index contributed by atoms with van der Waals surface area (Å²) in [5.74, 6) is -2.07. The van der Waals surface area contributed by atoms with Gasteiger partial charge in [0, 0.05) is 15.2 Å². The van der Waals surface area contributed by atoms with Crippen molar-refractivity contribution in [2.24, 2.45) is 5.92 Å². The molecule has 0 amide bonds. The van der Waals surface area contributed by atoms with Gasteiger partial charge in [0.05, 0.1) is 12.2 Å². The van der Waals surface area contributed by atoms with Gasteiger partial charge in [0.1, 0.15) is 4.90 Å². The van der Waals surface area contributed by atoms with E-state index in [-0.39, 0.29) is 17.0 Å². The second-order valence-electron chi connectivity index (χ2n) is 4.20. The molecule has 0 unspecified atom stereocenters. The first kappa shape index (κ1) is 16.4. The van der Waals surface area contributed by atoms with Gasteiger partial charge in [0.25, 0.3) is 9.05 Å². The summed E-state index contributed by atoms with van der Waals surface area (Å²) in [5, 5.41) is 0. The van der Waals surface area contributed by atoms with Crippen molar-refractivity contribution in [3.8, 4) is 0 Å². The van der Waals surface area contributed by atoms with E-state index in [1.54, 1.807) is 0 Å². The van der Waals surface area contributed by atoms with Gasteiger partial charge in [-0.1, -0.05) is 29.8 Å². The Morgan fingerprint density at radius 1 is 1.47 bits per heavy atom. The van der Waals surface area contributed by atoms with E-state index in [1.165, 1.54) is 0 Å². The zero-order chi connectivity index (χ0) is 14.8. The normalized spacial score (nSPS) is 11.7. The van der Waals surface area contributed by atoms with Gasteiger partial charge >= 0.3 is 5.97 Å². The molecule has 0 atom stereocenters. The highest BCUT2D eigenvalue weighted by molar-refractivity contribution is 9.10. The largest absolute Gasteiger partial charge is 0.462 e. The zero-order valence-electron chi connectivity index (χ0n) is 10.1. The number of benzene rings is 1. The smallest absolute Gasteiger partial charge is 0.341 e. The molecule has 4 nitrogen and oxygen atoms in total. The fourth-order valence-corrected chi connectivity index (χ4v) is 2.75. The van der Waals surface area contributed by atoms with E-state index in [4.69, 9.17) is 15.4 Å². The molecule has 0 radical (unpaired) electrons. The molecule has 0 aliphatic heterocycles. The molecule has 8 heteroatoms. The fourth-order valence-electron chi connectivity index (χ4n) is 1.21. The van der Waals surface area contributed by atoms with E-state index in [2.05, 4.69) is 15.9 Å².